The number of benzene rings is 1. The molecule has 3 heterocycles. The summed E-state index contributed by atoms with van der Waals surface area (Å²) in [5.74, 6) is 0.646. The highest BCUT2D eigenvalue weighted by atomic mass is 16.8. The summed E-state index contributed by atoms with van der Waals surface area (Å²) in [6, 6.07) is 10.2. The molecule has 32 heavy (non-hydrogen) atoms. The molecule has 1 unspecified atom stereocenters. The van der Waals surface area contributed by atoms with Crippen LogP contribution < -0.4 is 4.74 Å². The van der Waals surface area contributed by atoms with Crippen molar-refractivity contribution in [1.29, 1.82) is 0 Å². The lowest BCUT2D eigenvalue weighted by atomic mass is 9.95. The van der Waals surface area contributed by atoms with Crippen molar-refractivity contribution in [2.75, 3.05) is 7.11 Å². The third-order valence-electron chi connectivity index (χ3n) is 6.68. The Morgan fingerprint density at radius 1 is 1.12 bits per heavy atom. The van der Waals surface area contributed by atoms with E-state index in [-0.39, 0.29) is 18.1 Å². The first kappa shape index (κ1) is 21.4. The zero-order valence-electron chi connectivity index (χ0n) is 19.2. The van der Waals surface area contributed by atoms with Gasteiger partial charge in [-0.15, -0.1) is 0 Å². The molecule has 5 rings (SSSR count). The van der Waals surface area contributed by atoms with Crippen LogP contribution in [0.15, 0.2) is 42.9 Å². The molecule has 1 aliphatic heterocycles. The Morgan fingerprint density at radius 3 is 2.66 bits per heavy atom. The Bertz CT molecular complexity index is 1080. The highest BCUT2D eigenvalue weighted by Gasteiger charge is 2.54. The molecular weight excluding hydrogens is 406 g/mol. The number of hydrogen-bond acceptors (Lipinski definition) is 6. The molecule has 2 fully saturated rings. The SMILES string of the molecule is CC[C@H]1C[C@@H](c2cn(COCc3ccccc3)c3c(OC)ncnc23)C2OC(C)(C)O[C@H]21. The van der Waals surface area contributed by atoms with Crippen molar-refractivity contribution in [3.63, 3.8) is 0 Å². The molecule has 2 aromatic heterocycles. The van der Waals surface area contributed by atoms with Gasteiger partial charge in [0.2, 0.25) is 5.88 Å². The Hall–Kier alpha value is -2.48. The van der Waals surface area contributed by atoms with Crippen LogP contribution in [-0.2, 0) is 27.5 Å². The van der Waals surface area contributed by atoms with Gasteiger partial charge in [0.1, 0.15) is 18.6 Å². The van der Waals surface area contributed by atoms with Crippen molar-refractivity contribution in [1.82, 2.24) is 14.5 Å². The van der Waals surface area contributed by atoms with Crippen LogP contribution in [0.5, 0.6) is 5.88 Å². The third-order valence-corrected chi connectivity index (χ3v) is 6.68. The largest absolute Gasteiger partial charge is 0.479 e. The van der Waals surface area contributed by atoms with E-state index in [2.05, 4.69) is 39.8 Å². The number of hydrogen-bond donors (Lipinski definition) is 0. The molecule has 7 heteroatoms. The highest BCUT2D eigenvalue weighted by Crippen LogP contribution is 2.51. The molecule has 0 spiro atoms. The normalized spacial score (nSPS) is 26.5. The molecule has 7 nitrogen and oxygen atoms in total. The van der Waals surface area contributed by atoms with Gasteiger partial charge in [0.25, 0.3) is 0 Å². The number of ether oxygens (including phenoxy) is 4. The molecule has 1 aromatic carbocycles. The van der Waals surface area contributed by atoms with E-state index in [0.29, 0.717) is 25.1 Å². The van der Waals surface area contributed by atoms with E-state index >= 15 is 0 Å². The van der Waals surface area contributed by atoms with Gasteiger partial charge in [0.15, 0.2) is 5.79 Å². The Balaban J connectivity index is 1.48. The third kappa shape index (κ3) is 3.78. The maximum absolute atomic E-state index is 6.39. The Kier molecular flexibility index (Phi) is 5.65. The van der Waals surface area contributed by atoms with E-state index in [4.69, 9.17) is 18.9 Å². The minimum atomic E-state index is -0.564. The molecular formula is C25H31N3O4. The van der Waals surface area contributed by atoms with Gasteiger partial charge in [-0.25, -0.2) is 4.98 Å². The summed E-state index contributed by atoms with van der Waals surface area (Å²) < 4.78 is 26.4. The van der Waals surface area contributed by atoms with Crippen LogP contribution in [0.4, 0.5) is 0 Å². The number of fused-ring (bicyclic) bond motifs is 2. The molecule has 0 N–H and O–H groups in total. The monoisotopic (exact) mass is 437 g/mol. The number of rotatable bonds is 7. The van der Waals surface area contributed by atoms with E-state index < -0.39 is 5.79 Å². The lowest BCUT2D eigenvalue weighted by Gasteiger charge is -2.23. The van der Waals surface area contributed by atoms with Crippen LogP contribution >= 0.6 is 0 Å². The highest BCUT2D eigenvalue weighted by molar-refractivity contribution is 5.84. The average molecular weight is 438 g/mol. The van der Waals surface area contributed by atoms with Crippen LogP contribution in [0, 0.1) is 5.92 Å². The van der Waals surface area contributed by atoms with Crippen LogP contribution in [0.25, 0.3) is 11.0 Å². The van der Waals surface area contributed by atoms with Gasteiger partial charge in [-0.2, -0.15) is 4.98 Å². The lowest BCUT2D eigenvalue weighted by molar-refractivity contribution is -0.158. The number of methoxy groups -OCH3 is 1. The Labute approximate surface area is 188 Å². The van der Waals surface area contributed by atoms with Gasteiger partial charge in [-0.05, 0) is 31.7 Å². The quantitative estimate of drug-likeness (QED) is 0.536. The first-order valence-electron chi connectivity index (χ1n) is 11.4. The molecule has 1 saturated carbocycles. The summed E-state index contributed by atoms with van der Waals surface area (Å²) in [4.78, 5) is 9.01. The smallest absolute Gasteiger partial charge is 0.241 e. The van der Waals surface area contributed by atoms with Crippen molar-refractivity contribution in [2.45, 2.75) is 70.9 Å². The minimum Gasteiger partial charge on any atom is -0.479 e. The van der Waals surface area contributed by atoms with E-state index in [1.165, 1.54) is 0 Å². The topological polar surface area (TPSA) is 67.6 Å². The van der Waals surface area contributed by atoms with Crippen molar-refractivity contribution < 1.29 is 18.9 Å². The Morgan fingerprint density at radius 2 is 1.91 bits per heavy atom. The second kappa shape index (κ2) is 8.46. The van der Waals surface area contributed by atoms with E-state index in [1.54, 1.807) is 13.4 Å². The predicted octanol–water partition coefficient (Wildman–Crippen LogP) is 4.65. The summed E-state index contributed by atoms with van der Waals surface area (Å²) in [6.07, 6.45) is 5.91. The minimum absolute atomic E-state index is 0.0141. The fraction of sp³-hybridized carbons (Fsp3) is 0.520. The van der Waals surface area contributed by atoms with Crippen molar-refractivity contribution in [3.05, 3.63) is 54.0 Å². The molecule has 3 aromatic rings. The lowest BCUT2D eigenvalue weighted by Crippen LogP contribution is -2.24. The zero-order chi connectivity index (χ0) is 22.3. The van der Waals surface area contributed by atoms with Gasteiger partial charge in [0, 0.05) is 17.7 Å². The molecule has 1 saturated heterocycles. The van der Waals surface area contributed by atoms with Crippen LogP contribution in [0.2, 0.25) is 0 Å². The van der Waals surface area contributed by atoms with E-state index in [0.717, 1.165) is 35.0 Å². The van der Waals surface area contributed by atoms with E-state index in [9.17, 15) is 0 Å². The van der Waals surface area contributed by atoms with Crippen molar-refractivity contribution >= 4 is 11.0 Å². The molecule has 170 valence electrons. The first-order chi connectivity index (χ1) is 15.5. The van der Waals surface area contributed by atoms with Gasteiger partial charge in [-0.1, -0.05) is 43.7 Å². The summed E-state index contributed by atoms with van der Waals surface area (Å²) in [6.45, 7) is 7.14. The molecule has 0 bridgehead atoms. The molecule has 2 aliphatic rings. The average Bonchev–Trinajstić information content (AvgIpc) is 3.42. The standard InChI is InChI=1S/C25H31N3O4/c1-5-17-11-18(23-22(17)31-25(2,3)32-23)19-12-28(15-30-13-16-9-7-6-8-10-16)21-20(19)26-14-27-24(21)29-4/h6-10,12,14,17-18,22-23H,5,11,13,15H2,1-4H3/t17-,18-,22-,23?/m0/s1. The second-order valence-corrected chi connectivity index (χ2v) is 9.17. The van der Waals surface area contributed by atoms with E-state index in [1.807, 2.05) is 32.0 Å². The number of aromatic nitrogens is 3. The van der Waals surface area contributed by atoms with Gasteiger partial charge in [0.05, 0.1) is 31.4 Å². The fourth-order valence-electron chi connectivity index (χ4n) is 5.28. The number of nitrogens with zero attached hydrogens (tertiary/aromatic N) is 3. The van der Waals surface area contributed by atoms with Crippen molar-refractivity contribution in [2.24, 2.45) is 5.92 Å². The first-order valence-corrected chi connectivity index (χ1v) is 11.4. The second-order valence-electron chi connectivity index (χ2n) is 9.17. The van der Waals surface area contributed by atoms with Gasteiger partial charge < -0.3 is 23.5 Å². The molecule has 1 aliphatic carbocycles. The van der Waals surface area contributed by atoms with Crippen LogP contribution in [-0.4, -0.2) is 39.6 Å². The molecule has 4 atom stereocenters. The predicted molar refractivity (Wildman–Crippen MR) is 120 cm³/mol. The maximum Gasteiger partial charge on any atom is 0.241 e. The summed E-state index contributed by atoms with van der Waals surface area (Å²) in [5.41, 5.74) is 4.04. The molecule has 0 amide bonds. The molecule has 0 radical (unpaired) electrons. The summed E-state index contributed by atoms with van der Waals surface area (Å²) in [5, 5.41) is 0. The van der Waals surface area contributed by atoms with Gasteiger partial charge >= 0.3 is 0 Å². The summed E-state index contributed by atoms with van der Waals surface area (Å²) >= 11 is 0. The zero-order valence-corrected chi connectivity index (χ0v) is 19.2. The van der Waals surface area contributed by atoms with Crippen LogP contribution in [0.3, 0.4) is 0 Å². The fourth-order valence-corrected chi connectivity index (χ4v) is 5.28. The summed E-state index contributed by atoms with van der Waals surface area (Å²) in [7, 11) is 1.64. The maximum atomic E-state index is 6.39. The van der Waals surface area contributed by atoms with Crippen LogP contribution in [0.1, 0.15) is 50.7 Å². The van der Waals surface area contributed by atoms with Gasteiger partial charge in [-0.3, -0.25) is 0 Å². The van der Waals surface area contributed by atoms with Crippen molar-refractivity contribution in [3.8, 4) is 5.88 Å².